The molecule has 0 fully saturated rings. The lowest BCUT2D eigenvalue weighted by atomic mass is 10.1. The van der Waals surface area contributed by atoms with Crippen LogP contribution in [-0.2, 0) is 6.54 Å². The molecule has 19 heavy (non-hydrogen) atoms. The minimum atomic E-state index is 0.206. The SMILES string of the molecule is CCN(CCCO)c1c(CN)cnc2ccccc12. The van der Waals surface area contributed by atoms with Gasteiger partial charge in [0.25, 0.3) is 0 Å². The summed E-state index contributed by atoms with van der Waals surface area (Å²) in [5.41, 5.74) is 9.04. The molecule has 102 valence electrons. The van der Waals surface area contributed by atoms with Gasteiger partial charge in [-0.2, -0.15) is 0 Å². The minimum absolute atomic E-state index is 0.206. The van der Waals surface area contributed by atoms with E-state index in [1.807, 2.05) is 24.4 Å². The first-order valence-electron chi connectivity index (χ1n) is 6.74. The third-order valence-electron chi connectivity index (χ3n) is 3.33. The van der Waals surface area contributed by atoms with E-state index in [1.165, 1.54) is 0 Å². The number of aromatic nitrogens is 1. The smallest absolute Gasteiger partial charge is 0.0723 e. The summed E-state index contributed by atoms with van der Waals surface area (Å²) in [7, 11) is 0. The summed E-state index contributed by atoms with van der Waals surface area (Å²) < 4.78 is 0. The summed E-state index contributed by atoms with van der Waals surface area (Å²) in [5.74, 6) is 0. The second kappa shape index (κ2) is 6.50. The van der Waals surface area contributed by atoms with Gasteiger partial charge in [0.15, 0.2) is 0 Å². The van der Waals surface area contributed by atoms with Crippen molar-refractivity contribution in [1.82, 2.24) is 4.98 Å². The Morgan fingerprint density at radius 1 is 1.32 bits per heavy atom. The highest BCUT2D eigenvalue weighted by atomic mass is 16.3. The highest BCUT2D eigenvalue weighted by molar-refractivity contribution is 5.93. The first-order valence-corrected chi connectivity index (χ1v) is 6.74. The molecular formula is C15H21N3O. The van der Waals surface area contributed by atoms with Gasteiger partial charge in [-0.05, 0) is 19.4 Å². The quantitative estimate of drug-likeness (QED) is 0.831. The van der Waals surface area contributed by atoms with Crippen molar-refractivity contribution in [2.24, 2.45) is 5.73 Å². The van der Waals surface area contributed by atoms with Crippen LogP contribution in [0.2, 0.25) is 0 Å². The molecule has 0 amide bonds. The first-order chi connectivity index (χ1) is 9.31. The number of anilines is 1. The maximum absolute atomic E-state index is 9.03. The van der Waals surface area contributed by atoms with Gasteiger partial charge in [-0.3, -0.25) is 4.98 Å². The first kappa shape index (κ1) is 13.8. The summed E-state index contributed by atoms with van der Waals surface area (Å²) in [4.78, 5) is 6.72. The maximum atomic E-state index is 9.03. The number of benzene rings is 1. The van der Waals surface area contributed by atoms with Crippen molar-refractivity contribution >= 4 is 16.6 Å². The lowest BCUT2D eigenvalue weighted by molar-refractivity contribution is 0.289. The Kier molecular flexibility index (Phi) is 4.71. The van der Waals surface area contributed by atoms with Crippen molar-refractivity contribution in [2.75, 3.05) is 24.6 Å². The number of aliphatic hydroxyl groups is 1. The minimum Gasteiger partial charge on any atom is -0.396 e. The summed E-state index contributed by atoms with van der Waals surface area (Å²) in [6.07, 6.45) is 2.62. The Labute approximate surface area is 113 Å². The number of nitrogens with zero attached hydrogens (tertiary/aromatic N) is 2. The number of hydrogen-bond donors (Lipinski definition) is 2. The van der Waals surface area contributed by atoms with Crippen molar-refractivity contribution in [3.05, 3.63) is 36.0 Å². The van der Waals surface area contributed by atoms with E-state index in [2.05, 4.69) is 22.9 Å². The van der Waals surface area contributed by atoms with E-state index in [-0.39, 0.29) is 6.61 Å². The lowest BCUT2D eigenvalue weighted by Crippen LogP contribution is -2.26. The zero-order valence-corrected chi connectivity index (χ0v) is 11.3. The second-order valence-corrected chi connectivity index (χ2v) is 4.51. The molecule has 0 radical (unpaired) electrons. The summed E-state index contributed by atoms with van der Waals surface area (Å²) in [6.45, 7) is 4.52. The fraction of sp³-hybridized carbons (Fsp3) is 0.400. The van der Waals surface area contributed by atoms with Gasteiger partial charge >= 0.3 is 0 Å². The summed E-state index contributed by atoms with van der Waals surface area (Å²) in [6, 6.07) is 8.11. The van der Waals surface area contributed by atoms with Crippen LogP contribution in [-0.4, -0.2) is 29.8 Å². The van der Waals surface area contributed by atoms with Crippen molar-refractivity contribution < 1.29 is 5.11 Å². The van der Waals surface area contributed by atoms with Gasteiger partial charge in [-0.1, -0.05) is 18.2 Å². The fourth-order valence-corrected chi connectivity index (χ4v) is 2.38. The van der Waals surface area contributed by atoms with Gasteiger partial charge in [-0.15, -0.1) is 0 Å². The average Bonchev–Trinajstić information content (AvgIpc) is 2.47. The molecule has 2 aromatic rings. The molecular weight excluding hydrogens is 238 g/mol. The highest BCUT2D eigenvalue weighted by Gasteiger charge is 2.13. The van der Waals surface area contributed by atoms with Gasteiger partial charge in [0.1, 0.15) is 0 Å². The molecule has 0 saturated carbocycles. The van der Waals surface area contributed by atoms with Crippen LogP contribution in [0.15, 0.2) is 30.5 Å². The van der Waals surface area contributed by atoms with E-state index in [9.17, 15) is 0 Å². The van der Waals surface area contributed by atoms with Crippen molar-refractivity contribution in [1.29, 1.82) is 0 Å². The number of pyridine rings is 1. The second-order valence-electron chi connectivity index (χ2n) is 4.51. The van der Waals surface area contributed by atoms with E-state index in [0.717, 1.165) is 41.7 Å². The molecule has 0 aliphatic rings. The topological polar surface area (TPSA) is 62.4 Å². The molecule has 0 saturated heterocycles. The fourth-order valence-electron chi connectivity index (χ4n) is 2.38. The molecule has 2 rings (SSSR count). The number of rotatable bonds is 6. The Bertz CT molecular complexity index is 542. The Balaban J connectivity index is 2.53. The molecule has 0 unspecified atom stereocenters. The average molecular weight is 259 g/mol. The standard InChI is InChI=1S/C15H21N3O/c1-2-18(8-5-9-19)15-12(10-16)11-17-14-7-4-3-6-13(14)15/h3-4,6-7,11,19H,2,5,8-10,16H2,1H3. The normalized spacial score (nSPS) is 10.9. The molecule has 1 aromatic carbocycles. The van der Waals surface area contributed by atoms with E-state index in [4.69, 9.17) is 10.8 Å². The highest BCUT2D eigenvalue weighted by Crippen LogP contribution is 2.29. The van der Waals surface area contributed by atoms with Gasteiger partial charge in [0.2, 0.25) is 0 Å². The van der Waals surface area contributed by atoms with Crippen LogP contribution in [0.5, 0.6) is 0 Å². The van der Waals surface area contributed by atoms with Crippen LogP contribution >= 0.6 is 0 Å². The van der Waals surface area contributed by atoms with Crippen LogP contribution in [0, 0.1) is 0 Å². The summed E-state index contributed by atoms with van der Waals surface area (Å²) in [5, 5.41) is 10.2. The Hall–Kier alpha value is -1.65. The molecule has 0 spiro atoms. The predicted molar refractivity (Wildman–Crippen MR) is 79.2 cm³/mol. The molecule has 4 heteroatoms. The number of para-hydroxylation sites is 1. The third-order valence-corrected chi connectivity index (χ3v) is 3.33. The van der Waals surface area contributed by atoms with Crippen molar-refractivity contribution in [3.8, 4) is 0 Å². The number of fused-ring (bicyclic) bond motifs is 1. The largest absolute Gasteiger partial charge is 0.396 e. The maximum Gasteiger partial charge on any atom is 0.0723 e. The monoisotopic (exact) mass is 259 g/mol. The molecule has 1 heterocycles. The molecule has 0 atom stereocenters. The molecule has 0 aliphatic heterocycles. The van der Waals surface area contributed by atoms with Gasteiger partial charge in [0.05, 0.1) is 11.2 Å². The number of aliphatic hydroxyl groups excluding tert-OH is 1. The number of nitrogens with two attached hydrogens (primary N) is 1. The molecule has 0 bridgehead atoms. The van der Waals surface area contributed by atoms with Gasteiger partial charge < -0.3 is 15.7 Å². The van der Waals surface area contributed by atoms with E-state index in [1.54, 1.807) is 0 Å². The number of hydrogen-bond acceptors (Lipinski definition) is 4. The molecule has 1 aromatic heterocycles. The van der Waals surface area contributed by atoms with Crippen molar-refractivity contribution in [2.45, 2.75) is 19.9 Å². The van der Waals surface area contributed by atoms with Crippen molar-refractivity contribution in [3.63, 3.8) is 0 Å². The molecule has 0 aliphatic carbocycles. The van der Waals surface area contributed by atoms with Crippen LogP contribution in [0.3, 0.4) is 0 Å². The van der Waals surface area contributed by atoms with Crippen LogP contribution < -0.4 is 10.6 Å². The molecule has 3 N–H and O–H groups in total. The van der Waals surface area contributed by atoms with Crippen LogP contribution in [0.25, 0.3) is 10.9 Å². The van der Waals surface area contributed by atoms with E-state index >= 15 is 0 Å². The van der Waals surface area contributed by atoms with E-state index < -0.39 is 0 Å². The van der Waals surface area contributed by atoms with Gasteiger partial charge in [0, 0.05) is 43.4 Å². The summed E-state index contributed by atoms with van der Waals surface area (Å²) >= 11 is 0. The van der Waals surface area contributed by atoms with Gasteiger partial charge in [-0.25, -0.2) is 0 Å². The predicted octanol–water partition coefficient (Wildman–Crippen LogP) is 1.90. The zero-order valence-electron chi connectivity index (χ0n) is 11.3. The van der Waals surface area contributed by atoms with Crippen LogP contribution in [0.1, 0.15) is 18.9 Å². The van der Waals surface area contributed by atoms with Crippen LogP contribution in [0.4, 0.5) is 5.69 Å². The lowest BCUT2D eigenvalue weighted by Gasteiger charge is -2.26. The Morgan fingerprint density at radius 3 is 2.79 bits per heavy atom. The third kappa shape index (κ3) is 2.85. The van der Waals surface area contributed by atoms with E-state index in [0.29, 0.717) is 6.54 Å². The zero-order chi connectivity index (χ0) is 13.7. The molecule has 4 nitrogen and oxygen atoms in total. The Morgan fingerprint density at radius 2 is 2.11 bits per heavy atom.